The van der Waals surface area contributed by atoms with Crippen LogP contribution in [0.5, 0.6) is 5.75 Å². The zero-order valence-electron chi connectivity index (χ0n) is 9.70. The smallest absolute Gasteiger partial charge is 0.279 e. The molecule has 0 fully saturated rings. The van der Waals surface area contributed by atoms with E-state index in [1.165, 1.54) is 6.20 Å². The Morgan fingerprint density at radius 1 is 1.16 bits per heavy atom. The van der Waals surface area contributed by atoms with Gasteiger partial charge < -0.3 is 10.4 Å². The van der Waals surface area contributed by atoms with Crippen molar-refractivity contribution in [1.82, 2.24) is 10.3 Å². The van der Waals surface area contributed by atoms with Gasteiger partial charge >= 0.3 is 0 Å². The lowest BCUT2D eigenvalue weighted by atomic mass is 10.1. The van der Waals surface area contributed by atoms with Crippen molar-refractivity contribution < 1.29 is 14.5 Å². The predicted octanol–water partition coefficient (Wildman–Crippen LogP) is 2.18. The van der Waals surface area contributed by atoms with Gasteiger partial charge in [0.15, 0.2) is 5.69 Å². The highest BCUT2D eigenvalue weighted by Gasteiger charge is 2.12. The molecule has 0 saturated carbocycles. The highest BCUT2D eigenvalue weighted by Crippen LogP contribution is 2.29. The predicted molar refractivity (Wildman–Crippen MR) is 67.9 cm³/mol. The Kier molecular flexibility index (Phi) is 2.60. The number of nitrogens with one attached hydrogen (secondary N) is 1. The average Bonchev–Trinajstić information content (AvgIpc) is 2.94. The van der Waals surface area contributed by atoms with Crippen molar-refractivity contribution >= 4 is 22.4 Å². The van der Waals surface area contributed by atoms with E-state index in [1.807, 2.05) is 6.07 Å². The maximum Gasteiger partial charge on any atom is 0.279 e. The summed E-state index contributed by atoms with van der Waals surface area (Å²) in [7, 11) is 0. The molecule has 2 N–H and O–H groups in total. The highest BCUT2D eigenvalue weighted by atomic mass is 16.6. The van der Waals surface area contributed by atoms with Gasteiger partial charge in [0, 0.05) is 16.5 Å². The van der Waals surface area contributed by atoms with Crippen LogP contribution in [0.25, 0.3) is 10.8 Å². The van der Waals surface area contributed by atoms with E-state index in [9.17, 15) is 9.90 Å². The van der Waals surface area contributed by atoms with Gasteiger partial charge in [0.05, 0.1) is 0 Å². The van der Waals surface area contributed by atoms with Crippen molar-refractivity contribution in [2.75, 3.05) is 5.32 Å². The van der Waals surface area contributed by atoms with E-state index in [-0.39, 0.29) is 11.4 Å². The Bertz CT molecular complexity index is 738. The Morgan fingerprint density at radius 3 is 2.74 bits per heavy atom. The summed E-state index contributed by atoms with van der Waals surface area (Å²) in [5.41, 5.74) is 0.679. The summed E-state index contributed by atoms with van der Waals surface area (Å²) in [6.07, 6.45) is 1.23. The Hall–Kier alpha value is -2.89. The Labute approximate surface area is 107 Å². The minimum atomic E-state index is -0.419. The molecule has 3 rings (SSSR count). The molecule has 6 heteroatoms. The third-order valence-corrected chi connectivity index (χ3v) is 2.74. The van der Waals surface area contributed by atoms with Gasteiger partial charge in [-0.1, -0.05) is 29.4 Å². The second kappa shape index (κ2) is 4.41. The van der Waals surface area contributed by atoms with E-state index in [0.29, 0.717) is 11.1 Å². The number of phenolic OH excluding ortho intramolecular Hbond substituents is 1. The van der Waals surface area contributed by atoms with Gasteiger partial charge in [0.1, 0.15) is 11.9 Å². The lowest BCUT2D eigenvalue weighted by molar-refractivity contribution is 0.101. The van der Waals surface area contributed by atoms with Gasteiger partial charge in [0.2, 0.25) is 0 Å². The van der Waals surface area contributed by atoms with Gasteiger partial charge in [-0.05, 0) is 17.3 Å². The van der Waals surface area contributed by atoms with Crippen LogP contribution in [0, 0.1) is 0 Å². The van der Waals surface area contributed by atoms with Crippen molar-refractivity contribution in [1.29, 1.82) is 0 Å². The molecule has 1 amide bonds. The number of carbonyl (C=O) groups excluding carboxylic acids is 1. The molecule has 0 aliphatic carbocycles. The van der Waals surface area contributed by atoms with Gasteiger partial charge in [-0.15, -0.1) is 0 Å². The lowest BCUT2D eigenvalue weighted by Crippen LogP contribution is -2.12. The van der Waals surface area contributed by atoms with Crippen LogP contribution in [-0.4, -0.2) is 21.3 Å². The van der Waals surface area contributed by atoms with E-state index in [1.54, 1.807) is 30.3 Å². The van der Waals surface area contributed by atoms with E-state index in [2.05, 4.69) is 20.3 Å². The van der Waals surface area contributed by atoms with Crippen LogP contribution in [-0.2, 0) is 0 Å². The second-order valence-electron chi connectivity index (χ2n) is 3.92. The van der Waals surface area contributed by atoms with Crippen LogP contribution in [0.3, 0.4) is 0 Å². The summed E-state index contributed by atoms with van der Waals surface area (Å²) in [5.74, 6) is -0.256. The third-order valence-electron chi connectivity index (χ3n) is 2.74. The zero-order valence-corrected chi connectivity index (χ0v) is 9.70. The molecule has 3 aromatic rings. The lowest BCUT2D eigenvalue weighted by Gasteiger charge is -2.08. The number of carbonyl (C=O) groups is 1. The molecular weight excluding hydrogens is 246 g/mol. The number of aromatic hydroxyl groups is 1. The quantitative estimate of drug-likeness (QED) is 0.732. The number of rotatable bonds is 2. The molecule has 94 valence electrons. The fraction of sp³-hybridized carbons (Fsp3) is 0. The molecule has 0 radical (unpaired) electrons. The summed E-state index contributed by atoms with van der Waals surface area (Å²) in [6, 6.07) is 10.4. The van der Waals surface area contributed by atoms with Crippen LogP contribution in [0.4, 0.5) is 5.69 Å². The fourth-order valence-corrected chi connectivity index (χ4v) is 1.85. The molecule has 0 spiro atoms. The molecule has 6 nitrogen and oxygen atoms in total. The minimum Gasteiger partial charge on any atom is -0.507 e. The van der Waals surface area contributed by atoms with Crippen LogP contribution in [0.15, 0.2) is 47.2 Å². The number of amides is 1. The Balaban J connectivity index is 2.02. The molecule has 0 unspecified atom stereocenters. The number of fused-ring (bicyclic) bond motifs is 1. The third kappa shape index (κ3) is 1.99. The molecule has 0 atom stereocenters. The monoisotopic (exact) mass is 255 g/mol. The van der Waals surface area contributed by atoms with Crippen molar-refractivity contribution in [3.8, 4) is 5.75 Å². The summed E-state index contributed by atoms with van der Waals surface area (Å²) in [4.78, 5) is 11.9. The molecule has 0 aliphatic heterocycles. The maximum absolute atomic E-state index is 11.9. The number of anilines is 1. The number of phenols is 1. The van der Waals surface area contributed by atoms with E-state index in [0.717, 1.165) is 5.39 Å². The highest BCUT2D eigenvalue weighted by molar-refractivity contribution is 6.08. The first-order chi connectivity index (χ1) is 9.25. The molecule has 1 heterocycles. The second-order valence-corrected chi connectivity index (χ2v) is 3.92. The molecule has 0 bridgehead atoms. The molecular formula is C13H9N3O3. The molecule has 1 aromatic heterocycles. The van der Waals surface area contributed by atoms with E-state index >= 15 is 0 Å². The maximum atomic E-state index is 11.9. The first-order valence-corrected chi connectivity index (χ1v) is 5.55. The number of aromatic nitrogens is 2. The van der Waals surface area contributed by atoms with Gasteiger partial charge in [-0.25, -0.2) is 4.63 Å². The van der Waals surface area contributed by atoms with Gasteiger partial charge in [-0.2, -0.15) is 0 Å². The summed E-state index contributed by atoms with van der Waals surface area (Å²) < 4.78 is 4.38. The molecule has 0 saturated heterocycles. The Morgan fingerprint density at radius 2 is 1.95 bits per heavy atom. The number of nitrogens with zero attached hydrogens (tertiary/aromatic N) is 2. The zero-order chi connectivity index (χ0) is 13.2. The SMILES string of the molecule is O=C(Nc1cccc2c(O)cccc12)c1cnon1. The van der Waals surface area contributed by atoms with Crippen LogP contribution in [0.2, 0.25) is 0 Å². The number of hydrogen-bond acceptors (Lipinski definition) is 5. The number of benzene rings is 2. The van der Waals surface area contributed by atoms with Crippen molar-refractivity contribution in [2.45, 2.75) is 0 Å². The summed E-state index contributed by atoms with van der Waals surface area (Å²) in [5, 5.41) is 20.7. The van der Waals surface area contributed by atoms with Crippen molar-refractivity contribution in [2.24, 2.45) is 0 Å². The number of hydrogen-bond donors (Lipinski definition) is 2. The van der Waals surface area contributed by atoms with Crippen LogP contribution in [0.1, 0.15) is 10.5 Å². The van der Waals surface area contributed by atoms with E-state index < -0.39 is 5.91 Å². The van der Waals surface area contributed by atoms with Crippen molar-refractivity contribution in [3.63, 3.8) is 0 Å². The fourth-order valence-electron chi connectivity index (χ4n) is 1.85. The minimum absolute atomic E-state index is 0.0946. The van der Waals surface area contributed by atoms with Crippen molar-refractivity contribution in [3.05, 3.63) is 48.3 Å². The van der Waals surface area contributed by atoms with E-state index in [4.69, 9.17) is 0 Å². The first kappa shape index (κ1) is 11.2. The topological polar surface area (TPSA) is 88.2 Å². The van der Waals surface area contributed by atoms with Crippen LogP contribution >= 0.6 is 0 Å². The largest absolute Gasteiger partial charge is 0.507 e. The molecule has 0 aliphatic rings. The normalized spacial score (nSPS) is 10.5. The molecule has 2 aromatic carbocycles. The summed E-state index contributed by atoms with van der Waals surface area (Å²) >= 11 is 0. The summed E-state index contributed by atoms with van der Waals surface area (Å²) in [6.45, 7) is 0. The van der Waals surface area contributed by atoms with Gasteiger partial charge in [0.25, 0.3) is 5.91 Å². The standard InChI is InChI=1S/C13H9N3O3/c17-12-6-2-3-8-9(12)4-1-5-10(8)15-13(18)11-7-14-19-16-11/h1-7,17H,(H,15,18). The van der Waals surface area contributed by atoms with Crippen LogP contribution < -0.4 is 5.32 Å². The first-order valence-electron chi connectivity index (χ1n) is 5.55. The van der Waals surface area contributed by atoms with Gasteiger partial charge in [-0.3, -0.25) is 4.79 Å². The average molecular weight is 255 g/mol. The molecule has 19 heavy (non-hydrogen) atoms.